The molecule has 3 rings (SSSR count). The van der Waals surface area contributed by atoms with E-state index in [9.17, 15) is 10.2 Å². The zero-order valence-corrected chi connectivity index (χ0v) is 21.1. The largest absolute Gasteiger partial charge is 0.507 e. The number of nitrogens with zero attached hydrogens (tertiary/aromatic N) is 2. The standard InChI is InChI=1S/C29H40N2O2/c1-7-18(3)22-12-20(5)28(32)24(14-22)16-30-26-10-9-11-27(26)31-17-25-15-23(19(4)8-2)13-21(6)29(25)33/h12-19,26-27,32-33H,7-11H2,1-6H3. The number of hydrogen-bond donors (Lipinski definition) is 2. The van der Waals surface area contributed by atoms with Crippen molar-refractivity contribution in [1.29, 1.82) is 0 Å². The van der Waals surface area contributed by atoms with Gasteiger partial charge in [-0.2, -0.15) is 0 Å². The van der Waals surface area contributed by atoms with Crippen molar-refractivity contribution in [2.75, 3.05) is 0 Å². The second-order valence-corrected chi connectivity index (χ2v) is 9.79. The van der Waals surface area contributed by atoms with Crippen LogP contribution in [0.4, 0.5) is 0 Å². The fourth-order valence-electron chi connectivity index (χ4n) is 4.53. The highest BCUT2D eigenvalue weighted by atomic mass is 16.3. The molecule has 1 saturated carbocycles. The summed E-state index contributed by atoms with van der Waals surface area (Å²) in [6, 6.07) is 8.46. The van der Waals surface area contributed by atoms with Crippen molar-refractivity contribution in [3.63, 3.8) is 0 Å². The van der Waals surface area contributed by atoms with Gasteiger partial charge >= 0.3 is 0 Å². The number of hydrogen-bond acceptors (Lipinski definition) is 4. The Morgan fingerprint density at radius 3 is 1.55 bits per heavy atom. The molecule has 0 heterocycles. The second-order valence-electron chi connectivity index (χ2n) is 9.79. The van der Waals surface area contributed by atoms with Gasteiger partial charge in [0.25, 0.3) is 0 Å². The molecule has 0 spiro atoms. The van der Waals surface area contributed by atoms with Gasteiger partial charge in [0.05, 0.1) is 12.1 Å². The molecule has 4 unspecified atom stereocenters. The minimum Gasteiger partial charge on any atom is -0.507 e. The first kappa shape index (κ1) is 25.0. The van der Waals surface area contributed by atoms with Crippen LogP contribution in [-0.4, -0.2) is 34.7 Å². The van der Waals surface area contributed by atoms with Gasteiger partial charge in [0.1, 0.15) is 11.5 Å². The Labute approximate surface area is 199 Å². The van der Waals surface area contributed by atoms with Crippen molar-refractivity contribution in [3.8, 4) is 11.5 Å². The van der Waals surface area contributed by atoms with E-state index in [1.165, 1.54) is 11.1 Å². The van der Waals surface area contributed by atoms with E-state index in [4.69, 9.17) is 9.98 Å². The van der Waals surface area contributed by atoms with Gasteiger partial charge in [0.15, 0.2) is 0 Å². The van der Waals surface area contributed by atoms with Crippen LogP contribution >= 0.6 is 0 Å². The molecule has 4 atom stereocenters. The summed E-state index contributed by atoms with van der Waals surface area (Å²) in [5.74, 6) is 1.52. The Kier molecular flexibility index (Phi) is 8.34. The lowest BCUT2D eigenvalue weighted by Gasteiger charge is -2.15. The monoisotopic (exact) mass is 448 g/mol. The lowest BCUT2D eigenvalue weighted by atomic mass is 9.94. The van der Waals surface area contributed by atoms with Gasteiger partial charge in [-0.05, 0) is 92.2 Å². The van der Waals surface area contributed by atoms with E-state index in [1.54, 1.807) is 0 Å². The zero-order chi connectivity index (χ0) is 24.1. The normalized spacial score (nSPS) is 20.7. The molecule has 33 heavy (non-hydrogen) atoms. The molecule has 0 aromatic heterocycles. The van der Waals surface area contributed by atoms with Crippen LogP contribution in [-0.2, 0) is 0 Å². The fourth-order valence-corrected chi connectivity index (χ4v) is 4.53. The maximum atomic E-state index is 10.6. The number of rotatable bonds is 8. The van der Waals surface area contributed by atoms with E-state index >= 15 is 0 Å². The van der Waals surface area contributed by atoms with Gasteiger partial charge in [-0.3, -0.25) is 9.98 Å². The molecule has 2 N–H and O–H groups in total. The molecule has 4 nitrogen and oxygen atoms in total. The molecule has 0 bridgehead atoms. The first-order chi connectivity index (χ1) is 15.7. The molecule has 0 amide bonds. The van der Waals surface area contributed by atoms with Crippen LogP contribution in [0, 0.1) is 13.8 Å². The van der Waals surface area contributed by atoms with Crippen LogP contribution in [0.5, 0.6) is 11.5 Å². The van der Waals surface area contributed by atoms with Crippen molar-refractivity contribution < 1.29 is 10.2 Å². The summed E-state index contributed by atoms with van der Waals surface area (Å²) in [6.45, 7) is 12.7. The third-order valence-corrected chi connectivity index (χ3v) is 7.32. The summed E-state index contributed by atoms with van der Waals surface area (Å²) in [6.07, 6.45) is 8.84. The number of benzene rings is 2. The molecule has 0 radical (unpaired) electrons. The number of phenols is 2. The first-order valence-electron chi connectivity index (χ1n) is 12.5. The van der Waals surface area contributed by atoms with E-state index in [1.807, 2.05) is 26.3 Å². The topological polar surface area (TPSA) is 65.2 Å². The van der Waals surface area contributed by atoms with Gasteiger partial charge < -0.3 is 10.2 Å². The molecule has 0 aliphatic heterocycles. The molecule has 2 aromatic rings. The smallest absolute Gasteiger partial charge is 0.127 e. The average molecular weight is 449 g/mol. The second kappa shape index (κ2) is 11.0. The Morgan fingerprint density at radius 2 is 1.18 bits per heavy atom. The maximum absolute atomic E-state index is 10.6. The summed E-state index contributed by atoms with van der Waals surface area (Å²) < 4.78 is 0. The molecular weight excluding hydrogens is 408 g/mol. The number of aryl methyl sites for hydroxylation is 2. The van der Waals surface area contributed by atoms with Gasteiger partial charge in [0.2, 0.25) is 0 Å². The molecule has 1 aliphatic rings. The van der Waals surface area contributed by atoms with Crippen LogP contribution in [0.1, 0.15) is 105 Å². The quantitative estimate of drug-likeness (QED) is 0.419. The lowest BCUT2D eigenvalue weighted by Crippen LogP contribution is -2.16. The van der Waals surface area contributed by atoms with Crippen molar-refractivity contribution in [3.05, 3.63) is 57.6 Å². The Balaban J connectivity index is 1.82. The van der Waals surface area contributed by atoms with E-state index in [-0.39, 0.29) is 12.1 Å². The predicted octanol–water partition coefficient (Wildman–Crippen LogP) is 7.20. The van der Waals surface area contributed by atoms with Crippen molar-refractivity contribution >= 4 is 12.4 Å². The van der Waals surface area contributed by atoms with Gasteiger partial charge in [-0.15, -0.1) is 0 Å². The summed E-state index contributed by atoms with van der Waals surface area (Å²) >= 11 is 0. The van der Waals surface area contributed by atoms with Crippen LogP contribution in [0.2, 0.25) is 0 Å². The number of aromatic hydroxyl groups is 2. The van der Waals surface area contributed by atoms with Gasteiger partial charge in [-0.25, -0.2) is 0 Å². The lowest BCUT2D eigenvalue weighted by molar-refractivity contribution is 0.469. The number of phenolic OH excluding ortho intramolecular Hbond substituents is 2. The molecule has 2 aromatic carbocycles. The minimum atomic E-state index is 0.0919. The van der Waals surface area contributed by atoms with Crippen molar-refractivity contribution in [2.24, 2.45) is 9.98 Å². The van der Waals surface area contributed by atoms with Crippen LogP contribution < -0.4 is 0 Å². The summed E-state index contributed by atoms with van der Waals surface area (Å²) in [5, 5.41) is 21.1. The van der Waals surface area contributed by atoms with E-state index in [0.29, 0.717) is 23.3 Å². The molecule has 1 fully saturated rings. The van der Waals surface area contributed by atoms with Crippen LogP contribution in [0.25, 0.3) is 0 Å². The molecule has 1 aliphatic carbocycles. The van der Waals surface area contributed by atoms with E-state index in [2.05, 4.69) is 52.0 Å². The highest BCUT2D eigenvalue weighted by Gasteiger charge is 2.26. The van der Waals surface area contributed by atoms with Crippen LogP contribution in [0.3, 0.4) is 0 Å². The van der Waals surface area contributed by atoms with E-state index in [0.717, 1.165) is 54.4 Å². The summed E-state index contributed by atoms with van der Waals surface area (Å²) in [5.41, 5.74) is 5.83. The first-order valence-corrected chi connectivity index (χ1v) is 12.5. The van der Waals surface area contributed by atoms with Gasteiger partial charge in [-0.1, -0.05) is 39.8 Å². The Morgan fingerprint density at radius 1 is 0.788 bits per heavy atom. The SMILES string of the molecule is CCC(C)c1cc(C)c(O)c(C=NC2CCCC2N=Cc2cc(C(C)CC)cc(C)c2O)c1. The zero-order valence-electron chi connectivity index (χ0n) is 21.1. The average Bonchev–Trinajstić information content (AvgIpc) is 3.26. The summed E-state index contributed by atoms with van der Waals surface area (Å²) in [7, 11) is 0. The Hall–Kier alpha value is -2.62. The van der Waals surface area contributed by atoms with Crippen molar-refractivity contribution in [2.45, 2.75) is 97.6 Å². The summed E-state index contributed by atoms with van der Waals surface area (Å²) in [4.78, 5) is 9.71. The highest BCUT2D eigenvalue weighted by Crippen LogP contribution is 2.31. The van der Waals surface area contributed by atoms with Crippen LogP contribution in [0.15, 0.2) is 34.3 Å². The molecule has 178 valence electrons. The minimum absolute atomic E-state index is 0.0919. The third kappa shape index (κ3) is 5.85. The number of aliphatic imine (C=N–C) groups is 2. The predicted molar refractivity (Wildman–Crippen MR) is 140 cm³/mol. The maximum Gasteiger partial charge on any atom is 0.127 e. The van der Waals surface area contributed by atoms with Gasteiger partial charge in [0, 0.05) is 23.6 Å². The van der Waals surface area contributed by atoms with Crippen molar-refractivity contribution in [1.82, 2.24) is 0 Å². The fraction of sp³-hybridized carbons (Fsp3) is 0.517. The molecular formula is C29H40N2O2. The molecule has 4 heteroatoms. The van der Waals surface area contributed by atoms with E-state index < -0.39 is 0 Å². The molecule has 0 saturated heterocycles. The Bertz CT molecular complexity index is 943. The third-order valence-electron chi connectivity index (χ3n) is 7.32. The highest BCUT2D eigenvalue weighted by molar-refractivity contribution is 5.85.